The average molecular weight is 378 g/mol. The summed E-state index contributed by atoms with van der Waals surface area (Å²) in [6.07, 6.45) is -1.38. The number of carbonyl (C=O) groups excluding carboxylic acids is 2. The highest BCUT2D eigenvalue weighted by Gasteiger charge is 2.46. The number of halogens is 2. The molecule has 1 N–H and O–H groups in total. The molecule has 0 spiro atoms. The lowest BCUT2D eigenvalue weighted by Gasteiger charge is -2.12. The molecule has 1 fully saturated rings. The number of urea groups is 1. The molecule has 0 radical (unpaired) electrons. The van der Waals surface area contributed by atoms with Crippen LogP contribution in [-0.2, 0) is 4.79 Å². The highest BCUT2D eigenvalue weighted by Crippen LogP contribution is 2.49. The van der Waals surface area contributed by atoms with E-state index in [9.17, 15) is 18.4 Å². The first-order valence-corrected chi connectivity index (χ1v) is 7.79. The molecule has 27 heavy (non-hydrogen) atoms. The summed E-state index contributed by atoms with van der Waals surface area (Å²) in [7, 11) is 0. The van der Waals surface area contributed by atoms with Gasteiger partial charge in [-0.25, -0.2) is 19.7 Å². The minimum absolute atomic E-state index is 0.0656. The van der Waals surface area contributed by atoms with Crippen molar-refractivity contribution in [3.05, 3.63) is 30.1 Å². The monoisotopic (exact) mass is 378 g/mol. The first-order chi connectivity index (χ1) is 12.7. The molecule has 0 saturated carbocycles. The quantitative estimate of drug-likeness (QED) is 0.818. The van der Waals surface area contributed by atoms with Crippen molar-refractivity contribution in [2.75, 3.05) is 4.90 Å². The number of benzene rings is 1. The predicted molar refractivity (Wildman–Crippen MR) is 85.0 cm³/mol. The number of aryl methyl sites for hydroxylation is 1. The number of hydrogen-bond acceptors (Lipinski definition) is 7. The van der Waals surface area contributed by atoms with Crippen molar-refractivity contribution in [2.45, 2.75) is 26.2 Å². The molecule has 9 nitrogen and oxygen atoms in total. The third-order valence-electron chi connectivity index (χ3n) is 3.92. The number of alkyl halides is 2. The first kappa shape index (κ1) is 16.9. The van der Waals surface area contributed by atoms with Gasteiger partial charge in [0.1, 0.15) is 6.04 Å². The van der Waals surface area contributed by atoms with Gasteiger partial charge in [0.05, 0.1) is 18.1 Å². The van der Waals surface area contributed by atoms with Gasteiger partial charge in [-0.1, -0.05) is 6.07 Å². The lowest BCUT2D eigenvalue weighted by molar-refractivity contribution is -0.287. The van der Waals surface area contributed by atoms with E-state index in [4.69, 9.17) is 4.74 Å². The molecule has 0 aliphatic carbocycles. The molecule has 0 bridgehead atoms. The highest BCUT2D eigenvalue weighted by molar-refractivity contribution is 6.21. The van der Waals surface area contributed by atoms with Gasteiger partial charge in [-0.3, -0.25) is 4.79 Å². The summed E-state index contributed by atoms with van der Waals surface area (Å²) in [5.74, 6) is -0.913. The fraction of sp³-hybridized carbons (Fsp3) is 0.250. The Bertz CT molecular complexity index is 951. The second-order valence-corrected chi connectivity index (χ2v) is 5.88. The fourth-order valence-corrected chi connectivity index (χ4v) is 2.63. The molecule has 1 aromatic carbocycles. The summed E-state index contributed by atoms with van der Waals surface area (Å²) < 4.78 is 41.1. The zero-order chi connectivity index (χ0) is 19.3. The van der Waals surface area contributed by atoms with Gasteiger partial charge in [0, 0.05) is 0 Å². The molecule has 1 aromatic heterocycles. The van der Waals surface area contributed by atoms with E-state index in [1.54, 1.807) is 13.8 Å². The normalized spacial score (nSPS) is 20.0. The molecule has 1 saturated heterocycles. The lowest BCUT2D eigenvalue weighted by Crippen LogP contribution is -2.31. The number of ether oxygens (including phenoxy) is 3. The minimum Gasteiger partial charge on any atom is -0.420 e. The van der Waals surface area contributed by atoms with Crippen LogP contribution in [0, 0.1) is 6.92 Å². The number of imide groups is 1. The van der Waals surface area contributed by atoms with E-state index >= 15 is 0 Å². The Morgan fingerprint density at radius 1 is 1.19 bits per heavy atom. The van der Waals surface area contributed by atoms with Crippen LogP contribution in [0.4, 0.5) is 19.3 Å². The standard InChI is InChI=1S/C16H12F2N4O5/c1-7-3-4-10(12-11(7)26-16(17,18)27-12)25-14-19-5-9(6-20-14)22-13(23)8(2)21-15(22)24/h3-6,8H,1-2H3,(H,21,24)/t8-/m1/s1. The Labute approximate surface area is 150 Å². The van der Waals surface area contributed by atoms with Crippen molar-refractivity contribution in [1.82, 2.24) is 15.3 Å². The molecule has 4 rings (SSSR count). The Balaban J connectivity index is 1.58. The topological polar surface area (TPSA) is 103 Å². The highest BCUT2D eigenvalue weighted by atomic mass is 19.3. The van der Waals surface area contributed by atoms with E-state index in [1.165, 1.54) is 24.5 Å². The van der Waals surface area contributed by atoms with E-state index in [2.05, 4.69) is 24.8 Å². The maximum Gasteiger partial charge on any atom is 0.586 e. The van der Waals surface area contributed by atoms with Gasteiger partial charge in [-0.05, 0) is 25.5 Å². The van der Waals surface area contributed by atoms with E-state index in [0.717, 1.165) is 4.90 Å². The van der Waals surface area contributed by atoms with Crippen LogP contribution in [0.1, 0.15) is 12.5 Å². The molecular weight excluding hydrogens is 366 g/mol. The van der Waals surface area contributed by atoms with Crippen molar-refractivity contribution in [3.63, 3.8) is 0 Å². The third-order valence-corrected chi connectivity index (χ3v) is 3.92. The number of anilines is 1. The second-order valence-electron chi connectivity index (χ2n) is 5.88. The number of nitrogens with zero attached hydrogens (tertiary/aromatic N) is 3. The van der Waals surface area contributed by atoms with Crippen molar-refractivity contribution in [3.8, 4) is 23.3 Å². The van der Waals surface area contributed by atoms with Gasteiger partial charge in [0.25, 0.3) is 5.91 Å². The molecule has 2 aromatic rings. The van der Waals surface area contributed by atoms with Crippen LogP contribution < -0.4 is 24.4 Å². The molecule has 0 unspecified atom stereocenters. The minimum atomic E-state index is -3.79. The SMILES string of the molecule is Cc1ccc(Oc2ncc(N3C(=O)N[C@H](C)C3=O)cn2)c2c1OC(F)(F)O2. The molecule has 11 heteroatoms. The Kier molecular flexibility index (Phi) is 3.61. The van der Waals surface area contributed by atoms with Crippen molar-refractivity contribution in [1.29, 1.82) is 0 Å². The predicted octanol–water partition coefficient (Wildman–Crippen LogP) is 2.34. The number of carbonyl (C=O) groups is 2. The Morgan fingerprint density at radius 3 is 2.48 bits per heavy atom. The van der Waals surface area contributed by atoms with Crippen molar-refractivity contribution >= 4 is 17.6 Å². The summed E-state index contributed by atoms with van der Waals surface area (Å²) in [5.41, 5.74) is 0.591. The van der Waals surface area contributed by atoms with Gasteiger partial charge in [0.15, 0.2) is 11.5 Å². The zero-order valence-electron chi connectivity index (χ0n) is 14.0. The summed E-state index contributed by atoms with van der Waals surface area (Å²) in [6.45, 7) is 3.13. The molecule has 3 heterocycles. The number of aromatic nitrogens is 2. The van der Waals surface area contributed by atoms with Crippen LogP contribution in [-0.4, -0.2) is 34.2 Å². The van der Waals surface area contributed by atoms with E-state index in [-0.39, 0.29) is 28.9 Å². The second kappa shape index (κ2) is 5.76. The zero-order valence-corrected chi connectivity index (χ0v) is 14.0. The molecule has 1 atom stereocenters. The van der Waals surface area contributed by atoms with Crippen molar-refractivity contribution < 1.29 is 32.6 Å². The number of nitrogens with one attached hydrogen (secondary N) is 1. The van der Waals surface area contributed by atoms with Gasteiger partial charge >= 0.3 is 18.3 Å². The third kappa shape index (κ3) is 2.86. The average Bonchev–Trinajstić information content (AvgIpc) is 3.07. The first-order valence-electron chi connectivity index (χ1n) is 7.79. The number of rotatable bonds is 3. The van der Waals surface area contributed by atoms with Gasteiger partial charge in [0.2, 0.25) is 5.75 Å². The maximum atomic E-state index is 13.4. The van der Waals surface area contributed by atoms with Crippen LogP contribution in [0.5, 0.6) is 23.3 Å². The Morgan fingerprint density at radius 2 is 1.85 bits per heavy atom. The molecule has 3 amide bonds. The fourth-order valence-electron chi connectivity index (χ4n) is 2.63. The maximum absolute atomic E-state index is 13.4. The van der Waals surface area contributed by atoms with Crippen LogP contribution in [0.2, 0.25) is 0 Å². The van der Waals surface area contributed by atoms with Crippen LogP contribution in [0.15, 0.2) is 24.5 Å². The largest absolute Gasteiger partial charge is 0.586 e. The summed E-state index contributed by atoms with van der Waals surface area (Å²) in [5, 5.41) is 2.46. The van der Waals surface area contributed by atoms with Gasteiger partial charge in [-0.15, -0.1) is 8.78 Å². The van der Waals surface area contributed by atoms with E-state index in [0.29, 0.717) is 5.56 Å². The lowest BCUT2D eigenvalue weighted by atomic mass is 10.2. The summed E-state index contributed by atoms with van der Waals surface area (Å²) >= 11 is 0. The molecular formula is C16H12F2N4O5. The molecule has 2 aliphatic rings. The van der Waals surface area contributed by atoms with Gasteiger partial charge < -0.3 is 19.5 Å². The van der Waals surface area contributed by atoms with Crippen LogP contribution >= 0.6 is 0 Å². The number of hydrogen-bond donors (Lipinski definition) is 1. The van der Waals surface area contributed by atoms with Crippen LogP contribution in [0.3, 0.4) is 0 Å². The van der Waals surface area contributed by atoms with Crippen molar-refractivity contribution in [2.24, 2.45) is 0 Å². The number of amides is 3. The Hall–Kier alpha value is -3.50. The smallest absolute Gasteiger partial charge is 0.420 e. The summed E-state index contributed by atoms with van der Waals surface area (Å²) in [6, 6.07) is 1.50. The van der Waals surface area contributed by atoms with Gasteiger partial charge in [-0.2, -0.15) is 0 Å². The van der Waals surface area contributed by atoms with E-state index < -0.39 is 24.3 Å². The van der Waals surface area contributed by atoms with Crippen LogP contribution in [0.25, 0.3) is 0 Å². The number of fused-ring (bicyclic) bond motifs is 1. The van der Waals surface area contributed by atoms with E-state index in [1.807, 2.05) is 0 Å². The summed E-state index contributed by atoms with van der Waals surface area (Å²) in [4.78, 5) is 32.5. The molecule has 2 aliphatic heterocycles. The molecule has 140 valence electrons.